The molecule has 3 aliphatic carbocycles. The molecule has 3 heterocycles. The van der Waals surface area contributed by atoms with E-state index in [9.17, 15) is 14.3 Å². The second kappa shape index (κ2) is 8.47. The van der Waals surface area contributed by atoms with E-state index >= 15 is 4.39 Å². The molecule has 34 heavy (non-hydrogen) atoms. The number of aromatic nitrogens is 3. The van der Waals surface area contributed by atoms with Gasteiger partial charge in [0.25, 0.3) is 0 Å². The van der Waals surface area contributed by atoms with E-state index in [1.807, 2.05) is 0 Å². The Hall–Kier alpha value is -3.89. The lowest BCUT2D eigenvalue weighted by Gasteiger charge is -2.47. The molecule has 3 aromatic rings. The number of fused-ring (bicyclic) bond motifs is 3. The van der Waals surface area contributed by atoms with Crippen LogP contribution in [-0.2, 0) is 4.79 Å². The van der Waals surface area contributed by atoms with Crippen molar-refractivity contribution in [3.8, 4) is 11.5 Å². The molecule has 0 spiro atoms. The third kappa shape index (κ3) is 3.76. The standard InChI is InChI=1S/C23H22F2N6O3/c24-12-8-13(20(27)28-9-12)17(26)22-30-19(14-2-1-7-34-14)16(25)21(31-22)29-18-11-5-3-10(4-6-11)15(18)23(32)33/h1-2,7-11,15,18,26H,3-6H2,(H2,27,28)(H,32,33)(H,29,30,31). The first-order valence-corrected chi connectivity index (χ1v) is 10.9. The highest BCUT2D eigenvalue weighted by molar-refractivity contribution is 6.11. The maximum absolute atomic E-state index is 15.6. The van der Waals surface area contributed by atoms with Crippen LogP contribution in [0.3, 0.4) is 0 Å². The molecule has 176 valence electrons. The van der Waals surface area contributed by atoms with Crippen LogP contribution in [0.4, 0.5) is 20.4 Å². The summed E-state index contributed by atoms with van der Waals surface area (Å²) in [6.45, 7) is 0. The van der Waals surface area contributed by atoms with Crippen molar-refractivity contribution in [3.63, 3.8) is 0 Å². The van der Waals surface area contributed by atoms with Crippen LogP contribution in [-0.4, -0.2) is 37.8 Å². The number of carboxylic acids is 1. The zero-order chi connectivity index (χ0) is 24.0. The van der Waals surface area contributed by atoms with Crippen LogP contribution in [0, 0.1) is 34.8 Å². The first kappa shape index (κ1) is 21.9. The molecule has 0 saturated heterocycles. The molecule has 3 aliphatic rings. The summed E-state index contributed by atoms with van der Waals surface area (Å²) in [7, 11) is 0. The number of nitrogen functional groups attached to an aromatic ring is 1. The van der Waals surface area contributed by atoms with Crippen LogP contribution >= 0.6 is 0 Å². The third-order valence-corrected chi connectivity index (χ3v) is 6.79. The molecule has 2 unspecified atom stereocenters. The number of hydrogen-bond acceptors (Lipinski definition) is 8. The van der Waals surface area contributed by atoms with Gasteiger partial charge in [-0.05, 0) is 55.7 Å². The molecule has 2 bridgehead atoms. The van der Waals surface area contributed by atoms with Gasteiger partial charge in [0.2, 0.25) is 0 Å². The topological polar surface area (TPSA) is 151 Å². The van der Waals surface area contributed by atoms with Crippen LogP contribution in [0.2, 0.25) is 0 Å². The number of rotatable bonds is 6. The fourth-order valence-corrected chi connectivity index (χ4v) is 5.17. The van der Waals surface area contributed by atoms with Gasteiger partial charge in [-0.1, -0.05) is 0 Å². The third-order valence-electron chi connectivity index (χ3n) is 6.79. The maximum Gasteiger partial charge on any atom is 0.308 e. The molecule has 0 aromatic carbocycles. The summed E-state index contributed by atoms with van der Waals surface area (Å²) in [5, 5.41) is 21.4. The van der Waals surface area contributed by atoms with Crippen LogP contribution in [0.25, 0.3) is 11.5 Å². The Morgan fingerprint density at radius 1 is 1.21 bits per heavy atom. The lowest BCUT2D eigenvalue weighted by Crippen LogP contribution is -2.51. The van der Waals surface area contributed by atoms with E-state index in [1.165, 1.54) is 12.3 Å². The van der Waals surface area contributed by atoms with Crippen molar-refractivity contribution in [1.29, 1.82) is 5.41 Å². The number of furan rings is 1. The van der Waals surface area contributed by atoms with Gasteiger partial charge >= 0.3 is 5.97 Å². The molecule has 9 nitrogen and oxygen atoms in total. The fourth-order valence-electron chi connectivity index (χ4n) is 5.17. The Bertz CT molecular complexity index is 1260. The van der Waals surface area contributed by atoms with Gasteiger partial charge in [0.1, 0.15) is 23.0 Å². The first-order valence-electron chi connectivity index (χ1n) is 10.9. The van der Waals surface area contributed by atoms with Crippen molar-refractivity contribution in [2.24, 2.45) is 17.8 Å². The molecule has 0 aliphatic heterocycles. The van der Waals surface area contributed by atoms with Gasteiger partial charge in [0, 0.05) is 11.6 Å². The Morgan fingerprint density at radius 3 is 2.62 bits per heavy atom. The molecule has 6 rings (SSSR count). The summed E-state index contributed by atoms with van der Waals surface area (Å²) in [5.41, 5.74) is 5.20. The van der Waals surface area contributed by atoms with Gasteiger partial charge in [-0.2, -0.15) is 0 Å². The van der Waals surface area contributed by atoms with Gasteiger partial charge in [0.15, 0.2) is 23.2 Å². The number of pyridine rings is 1. The maximum atomic E-state index is 15.6. The Kier molecular flexibility index (Phi) is 5.46. The molecule has 2 atom stereocenters. The molecule has 5 N–H and O–H groups in total. The van der Waals surface area contributed by atoms with Crippen LogP contribution in [0.5, 0.6) is 0 Å². The molecule has 11 heteroatoms. The highest BCUT2D eigenvalue weighted by atomic mass is 19.1. The zero-order valence-corrected chi connectivity index (χ0v) is 18.0. The van der Waals surface area contributed by atoms with E-state index in [4.69, 9.17) is 15.6 Å². The van der Waals surface area contributed by atoms with E-state index in [0.717, 1.165) is 37.9 Å². The van der Waals surface area contributed by atoms with Crippen molar-refractivity contribution in [2.45, 2.75) is 31.7 Å². The second-order valence-electron chi connectivity index (χ2n) is 8.71. The number of carbonyl (C=O) groups is 1. The lowest BCUT2D eigenvalue weighted by molar-refractivity contribution is -0.148. The Balaban J connectivity index is 1.59. The minimum atomic E-state index is -0.931. The average Bonchev–Trinajstić information content (AvgIpc) is 3.36. The predicted molar refractivity (Wildman–Crippen MR) is 118 cm³/mol. The van der Waals surface area contributed by atoms with Crippen molar-refractivity contribution < 1.29 is 23.1 Å². The number of nitrogens with zero attached hydrogens (tertiary/aromatic N) is 3. The van der Waals surface area contributed by atoms with Crippen LogP contribution in [0.1, 0.15) is 37.1 Å². The van der Waals surface area contributed by atoms with Gasteiger partial charge < -0.3 is 20.6 Å². The minimum Gasteiger partial charge on any atom is -0.481 e. The lowest BCUT2D eigenvalue weighted by atomic mass is 9.61. The smallest absolute Gasteiger partial charge is 0.308 e. The van der Waals surface area contributed by atoms with E-state index < -0.39 is 29.6 Å². The van der Waals surface area contributed by atoms with E-state index in [1.54, 1.807) is 6.07 Å². The quantitative estimate of drug-likeness (QED) is 0.400. The molecule has 3 aromatic heterocycles. The number of hydrogen-bond donors (Lipinski definition) is 4. The molecular formula is C23H22F2N6O3. The summed E-state index contributed by atoms with van der Waals surface area (Å²) in [6, 6.07) is 3.56. The number of carboxylic acid groups (broad SMARTS) is 1. The average molecular weight is 468 g/mol. The summed E-state index contributed by atoms with van der Waals surface area (Å²) in [6.07, 6.45) is 5.61. The Labute approximate surface area is 192 Å². The number of aliphatic carboxylic acids is 1. The number of anilines is 2. The van der Waals surface area contributed by atoms with Crippen molar-refractivity contribution >= 4 is 23.3 Å². The van der Waals surface area contributed by atoms with Crippen LogP contribution in [0.15, 0.2) is 35.1 Å². The van der Waals surface area contributed by atoms with Gasteiger partial charge in [-0.15, -0.1) is 0 Å². The first-order chi connectivity index (χ1) is 16.3. The molecule has 0 amide bonds. The summed E-state index contributed by atoms with van der Waals surface area (Å²) >= 11 is 0. The van der Waals surface area contributed by atoms with Crippen LogP contribution < -0.4 is 11.1 Å². The summed E-state index contributed by atoms with van der Waals surface area (Å²) < 4.78 is 34.7. The summed E-state index contributed by atoms with van der Waals surface area (Å²) in [4.78, 5) is 24.1. The summed E-state index contributed by atoms with van der Waals surface area (Å²) in [5.74, 6) is -3.57. The van der Waals surface area contributed by atoms with Gasteiger partial charge in [-0.25, -0.2) is 23.7 Å². The monoisotopic (exact) mass is 468 g/mol. The fraction of sp³-hybridized carbons (Fsp3) is 0.348. The highest BCUT2D eigenvalue weighted by Crippen LogP contribution is 2.46. The minimum absolute atomic E-state index is 0.00498. The van der Waals surface area contributed by atoms with Crippen molar-refractivity contribution in [1.82, 2.24) is 15.0 Å². The second-order valence-corrected chi connectivity index (χ2v) is 8.71. The number of nitrogens with two attached hydrogens (primary N) is 1. The highest BCUT2D eigenvalue weighted by Gasteiger charge is 2.47. The van der Waals surface area contributed by atoms with E-state index in [0.29, 0.717) is 0 Å². The Morgan fingerprint density at radius 2 is 1.94 bits per heavy atom. The zero-order valence-electron chi connectivity index (χ0n) is 18.0. The molecule has 3 fully saturated rings. The largest absolute Gasteiger partial charge is 0.481 e. The molecule has 3 saturated carbocycles. The normalized spacial score (nSPS) is 23.6. The van der Waals surface area contributed by atoms with Gasteiger partial charge in [-0.3, -0.25) is 10.2 Å². The van der Waals surface area contributed by atoms with E-state index in [-0.39, 0.29) is 52.0 Å². The molecular weight excluding hydrogens is 446 g/mol. The van der Waals surface area contributed by atoms with Gasteiger partial charge in [0.05, 0.1) is 18.4 Å². The number of nitrogens with one attached hydrogen (secondary N) is 2. The SMILES string of the molecule is N=C(c1nc(NC2C3CCC(CC3)C2C(=O)O)c(F)c(-c2ccco2)n1)c1cc(F)cnc1N. The van der Waals surface area contributed by atoms with Crippen molar-refractivity contribution in [3.05, 3.63) is 53.7 Å². The van der Waals surface area contributed by atoms with E-state index in [2.05, 4.69) is 20.3 Å². The number of halogens is 2. The molecule has 0 radical (unpaired) electrons. The van der Waals surface area contributed by atoms with Crippen molar-refractivity contribution in [2.75, 3.05) is 11.1 Å². The predicted octanol–water partition coefficient (Wildman–Crippen LogP) is 3.71.